The Hall–Kier alpha value is -2.31. The maximum Gasteiger partial charge on any atom is 0.287 e. The largest absolute Gasteiger partial charge is 0.493 e. The Kier molecular flexibility index (Phi) is 4.11. The number of aliphatic hydroxyl groups is 1. The molecule has 1 amide bonds. The summed E-state index contributed by atoms with van der Waals surface area (Å²) in [5.41, 5.74) is -0.585. The van der Waals surface area contributed by atoms with Crippen molar-refractivity contribution in [2.75, 3.05) is 13.7 Å². The van der Waals surface area contributed by atoms with Gasteiger partial charge in [-0.3, -0.25) is 4.79 Å². The SMILES string of the molecule is COc1cccc2cc(C(=O)NC[C@](C)(O)c3cccs3)oc12. The first-order valence-electron chi connectivity index (χ1n) is 7.12. The molecule has 0 spiro atoms. The number of para-hydroxylation sites is 1. The van der Waals surface area contributed by atoms with Crippen LogP contribution < -0.4 is 10.1 Å². The molecule has 1 aromatic carbocycles. The zero-order valence-electron chi connectivity index (χ0n) is 12.8. The van der Waals surface area contributed by atoms with Crippen LogP contribution in [0.1, 0.15) is 22.4 Å². The topological polar surface area (TPSA) is 71.7 Å². The van der Waals surface area contributed by atoms with Gasteiger partial charge in [0.15, 0.2) is 17.1 Å². The minimum absolute atomic E-state index is 0.0977. The van der Waals surface area contributed by atoms with Crippen molar-refractivity contribution in [2.24, 2.45) is 0 Å². The standard InChI is InChI=1S/C17H17NO4S/c1-17(20,14-7-4-8-23-14)10-18-16(19)13-9-11-5-3-6-12(21-2)15(11)22-13/h3-9,20H,10H2,1-2H3,(H,18,19)/t17-/m0/s1. The highest BCUT2D eigenvalue weighted by Gasteiger charge is 2.26. The molecule has 0 fully saturated rings. The molecular formula is C17H17NO4S. The number of amides is 1. The van der Waals surface area contributed by atoms with Crippen molar-refractivity contribution in [3.8, 4) is 5.75 Å². The van der Waals surface area contributed by atoms with Gasteiger partial charge in [-0.15, -0.1) is 11.3 Å². The quantitative estimate of drug-likeness (QED) is 0.753. The maximum atomic E-state index is 12.3. The summed E-state index contributed by atoms with van der Waals surface area (Å²) in [4.78, 5) is 13.1. The summed E-state index contributed by atoms with van der Waals surface area (Å²) in [6.07, 6.45) is 0. The molecule has 0 bridgehead atoms. The molecule has 3 rings (SSSR count). The van der Waals surface area contributed by atoms with Gasteiger partial charge in [0.1, 0.15) is 5.60 Å². The Balaban J connectivity index is 1.76. The first-order chi connectivity index (χ1) is 11.0. The van der Waals surface area contributed by atoms with Crippen LogP contribution in [0.3, 0.4) is 0 Å². The van der Waals surface area contributed by atoms with Crippen molar-refractivity contribution in [1.29, 1.82) is 0 Å². The molecule has 5 nitrogen and oxygen atoms in total. The number of furan rings is 1. The Morgan fingerprint density at radius 3 is 2.91 bits per heavy atom. The van der Waals surface area contributed by atoms with Crippen LogP contribution >= 0.6 is 11.3 Å². The second-order valence-corrected chi connectivity index (χ2v) is 6.37. The number of benzene rings is 1. The second-order valence-electron chi connectivity index (χ2n) is 5.42. The summed E-state index contributed by atoms with van der Waals surface area (Å²) in [5.74, 6) is 0.388. The van der Waals surface area contributed by atoms with Crippen LogP contribution in [0.2, 0.25) is 0 Å². The van der Waals surface area contributed by atoms with Gasteiger partial charge in [0.05, 0.1) is 13.7 Å². The molecule has 2 aromatic heterocycles. The predicted molar refractivity (Wildman–Crippen MR) is 89.0 cm³/mol. The molecule has 0 radical (unpaired) electrons. The van der Waals surface area contributed by atoms with Crippen LogP contribution in [0.5, 0.6) is 5.75 Å². The third kappa shape index (κ3) is 3.09. The number of carbonyl (C=O) groups excluding carboxylic acids is 1. The normalized spacial score (nSPS) is 13.7. The first kappa shape index (κ1) is 15.6. The van der Waals surface area contributed by atoms with Gasteiger partial charge < -0.3 is 19.6 Å². The third-order valence-electron chi connectivity index (χ3n) is 3.60. The molecule has 0 saturated carbocycles. The molecule has 23 heavy (non-hydrogen) atoms. The average molecular weight is 331 g/mol. The summed E-state index contributed by atoms with van der Waals surface area (Å²) < 4.78 is 10.8. The molecule has 120 valence electrons. The van der Waals surface area contributed by atoms with Gasteiger partial charge in [0.25, 0.3) is 5.91 Å². The number of carbonyl (C=O) groups is 1. The lowest BCUT2D eigenvalue weighted by Crippen LogP contribution is -2.37. The smallest absolute Gasteiger partial charge is 0.287 e. The molecule has 6 heteroatoms. The highest BCUT2D eigenvalue weighted by Crippen LogP contribution is 2.29. The minimum Gasteiger partial charge on any atom is -0.493 e. The fraction of sp³-hybridized carbons (Fsp3) is 0.235. The Bertz CT molecular complexity index is 820. The molecule has 0 aliphatic rings. The van der Waals surface area contributed by atoms with Crippen LogP contribution in [-0.4, -0.2) is 24.7 Å². The highest BCUT2D eigenvalue weighted by atomic mass is 32.1. The first-order valence-corrected chi connectivity index (χ1v) is 8.00. The number of fused-ring (bicyclic) bond motifs is 1. The number of hydrogen-bond donors (Lipinski definition) is 2. The van der Waals surface area contributed by atoms with E-state index in [9.17, 15) is 9.90 Å². The van der Waals surface area contributed by atoms with E-state index in [1.54, 1.807) is 26.2 Å². The predicted octanol–water partition coefficient (Wildman–Crippen LogP) is 3.14. The maximum absolute atomic E-state index is 12.3. The van der Waals surface area contributed by atoms with E-state index in [4.69, 9.17) is 9.15 Å². The van der Waals surface area contributed by atoms with Gasteiger partial charge in [-0.2, -0.15) is 0 Å². The zero-order chi connectivity index (χ0) is 16.4. The van der Waals surface area contributed by atoms with Crippen molar-refractivity contribution in [3.63, 3.8) is 0 Å². The second kappa shape index (κ2) is 6.06. The summed E-state index contributed by atoms with van der Waals surface area (Å²) in [6.45, 7) is 1.77. The zero-order valence-corrected chi connectivity index (χ0v) is 13.6. The van der Waals surface area contributed by atoms with E-state index in [-0.39, 0.29) is 18.2 Å². The van der Waals surface area contributed by atoms with Crippen molar-refractivity contribution >= 4 is 28.2 Å². The number of hydrogen-bond acceptors (Lipinski definition) is 5. The van der Waals surface area contributed by atoms with Gasteiger partial charge in [0.2, 0.25) is 0 Å². The van der Waals surface area contributed by atoms with Crippen LogP contribution in [0.4, 0.5) is 0 Å². The molecule has 0 unspecified atom stereocenters. The van der Waals surface area contributed by atoms with Crippen molar-refractivity contribution in [3.05, 3.63) is 52.4 Å². The monoisotopic (exact) mass is 331 g/mol. The fourth-order valence-electron chi connectivity index (χ4n) is 2.32. The summed E-state index contributed by atoms with van der Waals surface area (Å²) in [6, 6.07) is 10.8. The Morgan fingerprint density at radius 1 is 1.39 bits per heavy atom. The van der Waals surface area contributed by atoms with Crippen LogP contribution in [0.25, 0.3) is 11.0 Å². The molecule has 0 aliphatic heterocycles. The van der Waals surface area contributed by atoms with Crippen LogP contribution in [0.15, 0.2) is 46.2 Å². The van der Waals surface area contributed by atoms with E-state index in [2.05, 4.69) is 5.32 Å². The van der Waals surface area contributed by atoms with Crippen molar-refractivity contribution in [1.82, 2.24) is 5.32 Å². The summed E-state index contributed by atoms with van der Waals surface area (Å²) in [7, 11) is 1.55. The average Bonchev–Trinajstić information content (AvgIpc) is 3.21. The Morgan fingerprint density at radius 2 is 2.22 bits per heavy atom. The third-order valence-corrected chi connectivity index (χ3v) is 4.72. The van der Waals surface area contributed by atoms with Gasteiger partial charge >= 0.3 is 0 Å². The minimum atomic E-state index is -1.12. The molecule has 1 atom stereocenters. The van der Waals surface area contributed by atoms with Crippen LogP contribution in [-0.2, 0) is 5.60 Å². The number of ether oxygens (including phenoxy) is 1. The number of rotatable bonds is 5. The lowest BCUT2D eigenvalue weighted by molar-refractivity contribution is 0.0549. The Labute approximate surface area is 137 Å². The van der Waals surface area contributed by atoms with E-state index in [0.29, 0.717) is 11.3 Å². The van der Waals surface area contributed by atoms with E-state index in [0.717, 1.165) is 10.3 Å². The van der Waals surface area contributed by atoms with E-state index in [1.807, 2.05) is 29.6 Å². The number of thiophene rings is 1. The van der Waals surface area contributed by atoms with Crippen molar-refractivity contribution in [2.45, 2.75) is 12.5 Å². The molecule has 2 heterocycles. The summed E-state index contributed by atoms with van der Waals surface area (Å²) in [5, 5.41) is 15.8. The van der Waals surface area contributed by atoms with Gasteiger partial charge in [-0.1, -0.05) is 18.2 Å². The fourth-order valence-corrected chi connectivity index (χ4v) is 3.11. The summed E-state index contributed by atoms with van der Waals surface area (Å²) >= 11 is 1.44. The van der Waals surface area contributed by atoms with E-state index < -0.39 is 5.60 Å². The molecule has 0 aliphatic carbocycles. The lowest BCUT2D eigenvalue weighted by Gasteiger charge is -2.21. The number of methoxy groups -OCH3 is 1. The molecular weight excluding hydrogens is 314 g/mol. The van der Waals surface area contributed by atoms with Crippen molar-refractivity contribution < 1.29 is 19.1 Å². The van der Waals surface area contributed by atoms with E-state index in [1.165, 1.54) is 11.3 Å². The molecule has 2 N–H and O–H groups in total. The van der Waals surface area contributed by atoms with Gasteiger partial charge in [-0.05, 0) is 30.5 Å². The van der Waals surface area contributed by atoms with E-state index >= 15 is 0 Å². The van der Waals surface area contributed by atoms with Gasteiger partial charge in [0, 0.05) is 10.3 Å². The van der Waals surface area contributed by atoms with Gasteiger partial charge in [-0.25, -0.2) is 0 Å². The lowest BCUT2D eigenvalue weighted by atomic mass is 10.1. The van der Waals surface area contributed by atoms with Crippen LogP contribution in [0, 0.1) is 0 Å². The highest BCUT2D eigenvalue weighted by molar-refractivity contribution is 7.10. The number of nitrogens with one attached hydrogen (secondary N) is 1. The molecule has 3 aromatic rings. The molecule has 0 saturated heterocycles.